The Morgan fingerprint density at radius 1 is 1.19 bits per heavy atom. The van der Waals surface area contributed by atoms with Gasteiger partial charge in [-0.05, 0) is 23.6 Å². The van der Waals surface area contributed by atoms with E-state index in [0.29, 0.717) is 26.1 Å². The van der Waals surface area contributed by atoms with Gasteiger partial charge in [0.05, 0.1) is 5.75 Å². The van der Waals surface area contributed by atoms with E-state index in [-0.39, 0.29) is 5.75 Å². The molecule has 0 fully saturated rings. The lowest BCUT2D eigenvalue weighted by molar-refractivity contribution is 0.552. The van der Waals surface area contributed by atoms with Crippen LogP contribution < -0.4 is 10.5 Å². The number of aryl methyl sites for hydroxylation is 1. The summed E-state index contributed by atoms with van der Waals surface area (Å²) in [4.78, 5) is 0. The van der Waals surface area contributed by atoms with Crippen LogP contribution in [0.15, 0.2) is 42.7 Å². The minimum Gasteiger partial charge on any atom is -0.326 e. The van der Waals surface area contributed by atoms with Crippen LogP contribution in [-0.4, -0.2) is 24.7 Å². The second kappa shape index (κ2) is 7.35. The van der Waals surface area contributed by atoms with Crippen molar-refractivity contribution in [1.82, 2.24) is 14.5 Å². The number of nitrogens with two attached hydrogens (primary N) is 1. The van der Waals surface area contributed by atoms with E-state index >= 15 is 0 Å². The van der Waals surface area contributed by atoms with Gasteiger partial charge in [-0.15, -0.1) is 0 Å². The summed E-state index contributed by atoms with van der Waals surface area (Å²) in [5.41, 5.74) is 7.26. The molecule has 0 radical (unpaired) electrons. The molecule has 0 spiro atoms. The van der Waals surface area contributed by atoms with Gasteiger partial charge >= 0.3 is 0 Å². The Morgan fingerprint density at radius 2 is 1.90 bits per heavy atom. The Balaban J connectivity index is 1.78. The number of benzene rings is 1. The maximum atomic E-state index is 12.0. The van der Waals surface area contributed by atoms with Gasteiger partial charge in [-0.1, -0.05) is 24.3 Å². The highest BCUT2D eigenvalue weighted by Crippen LogP contribution is 2.07. The van der Waals surface area contributed by atoms with Crippen LogP contribution in [0.4, 0.5) is 0 Å². The number of nitrogens with zero attached hydrogens (tertiary/aromatic N) is 2. The maximum absolute atomic E-state index is 12.0. The molecule has 1 heterocycles. The van der Waals surface area contributed by atoms with E-state index < -0.39 is 10.0 Å². The van der Waals surface area contributed by atoms with Crippen LogP contribution in [-0.2, 0) is 28.9 Å². The standard InChI is InChI=1S/C14H20N4O2S/c15-11-13-3-5-14(6-4-13)12-21(19,20)17-8-2-10-18-9-1-7-16-18/h1,3-7,9,17H,2,8,10-12,15H2. The van der Waals surface area contributed by atoms with Crippen molar-refractivity contribution in [2.75, 3.05) is 6.54 Å². The summed E-state index contributed by atoms with van der Waals surface area (Å²) in [6.07, 6.45) is 4.26. The quantitative estimate of drug-likeness (QED) is 0.708. The molecule has 114 valence electrons. The minimum absolute atomic E-state index is 0.0143. The van der Waals surface area contributed by atoms with Crippen molar-refractivity contribution in [3.63, 3.8) is 0 Å². The van der Waals surface area contributed by atoms with Gasteiger partial charge in [-0.3, -0.25) is 4.68 Å². The average molecular weight is 308 g/mol. The second-order valence-electron chi connectivity index (χ2n) is 4.80. The summed E-state index contributed by atoms with van der Waals surface area (Å²) >= 11 is 0. The summed E-state index contributed by atoms with van der Waals surface area (Å²) < 4.78 is 28.3. The zero-order valence-corrected chi connectivity index (χ0v) is 12.6. The number of hydrogen-bond acceptors (Lipinski definition) is 4. The van der Waals surface area contributed by atoms with Crippen LogP contribution in [0.2, 0.25) is 0 Å². The largest absolute Gasteiger partial charge is 0.326 e. The van der Waals surface area contributed by atoms with Crippen molar-refractivity contribution in [1.29, 1.82) is 0 Å². The Labute approximate surface area is 125 Å². The molecule has 1 aromatic carbocycles. The predicted octanol–water partition coefficient (Wildman–Crippen LogP) is 0.852. The molecule has 0 saturated heterocycles. The van der Waals surface area contributed by atoms with Crippen LogP contribution in [0.25, 0.3) is 0 Å². The highest BCUT2D eigenvalue weighted by molar-refractivity contribution is 7.88. The maximum Gasteiger partial charge on any atom is 0.215 e. The van der Waals surface area contributed by atoms with E-state index in [2.05, 4.69) is 9.82 Å². The monoisotopic (exact) mass is 308 g/mol. The number of hydrogen-bond donors (Lipinski definition) is 2. The minimum atomic E-state index is -3.31. The van der Waals surface area contributed by atoms with E-state index in [1.807, 2.05) is 24.4 Å². The van der Waals surface area contributed by atoms with Gasteiger partial charge in [-0.2, -0.15) is 5.10 Å². The molecule has 0 saturated carbocycles. The van der Waals surface area contributed by atoms with E-state index in [1.54, 1.807) is 23.0 Å². The molecule has 2 aromatic rings. The topological polar surface area (TPSA) is 90.0 Å². The third kappa shape index (κ3) is 5.30. The van der Waals surface area contributed by atoms with Crippen molar-refractivity contribution in [3.8, 4) is 0 Å². The third-order valence-electron chi connectivity index (χ3n) is 3.06. The Morgan fingerprint density at radius 3 is 2.52 bits per heavy atom. The molecule has 21 heavy (non-hydrogen) atoms. The fourth-order valence-corrected chi connectivity index (χ4v) is 3.13. The Bertz CT molecular complexity index is 636. The molecular formula is C14H20N4O2S. The molecular weight excluding hydrogens is 288 g/mol. The molecule has 0 aliphatic heterocycles. The Kier molecular flexibility index (Phi) is 5.49. The van der Waals surface area contributed by atoms with Crippen LogP contribution in [0, 0.1) is 0 Å². The first kappa shape index (κ1) is 15.7. The van der Waals surface area contributed by atoms with Gasteiger partial charge in [0, 0.05) is 32.0 Å². The van der Waals surface area contributed by atoms with Crippen molar-refractivity contribution in [2.45, 2.75) is 25.3 Å². The van der Waals surface area contributed by atoms with Crippen LogP contribution in [0.5, 0.6) is 0 Å². The normalized spacial score (nSPS) is 11.7. The molecule has 0 atom stereocenters. The fourth-order valence-electron chi connectivity index (χ4n) is 1.94. The lowest BCUT2D eigenvalue weighted by Gasteiger charge is -2.07. The lowest BCUT2D eigenvalue weighted by atomic mass is 10.1. The van der Waals surface area contributed by atoms with Crippen molar-refractivity contribution < 1.29 is 8.42 Å². The lowest BCUT2D eigenvalue weighted by Crippen LogP contribution is -2.27. The fraction of sp³-hybridized carbons (Fsp3) is 0.357. The first-order valence-corrected chi connectivity index (χ1v) is 8.47. The van der Waals surface area contributed by atoms with Crippen molar-refractivity contribution >= 4 is 10.0 Å². The first-order valence-electron chi connectivity index (χ1n) is 6.82. The SMILES string of the molecule is NCc1ccc(CS(=O)(=O)NCCCn2cccn2)cc1. The number of nitrogens with one attached hydrogen (secondary N) is 1. The van der Waals surface area contributed by atoms with E-state index in [9.17, 15) is 8.42 Å². The van der Waals surface area contributed by atoms with Gasteiger partial charge in [0.15, 0.2) is 0 Å². The molecule has 3 N–H and O–H groups in total. The highest BCUT2D eigenvalue weighted by atomic mass is 32.2. The number of aromatic nitrogens is 2. The first-order chi connectivity index (χ1) is 10.1. The van der Waals surface area contributed by atoms with Crippen LogP contribution >= 0.6 is 0 Å². The molecule has 2 rings (SSSR count). The Hall–Kier alpha value is -1.70. The van der Waals surface area contributed by atoms with Gasteiger partial charge in [0.2, 0.25) is 10.0 Å². The van der Waals surface area contributed by atoms with Crippen LogP contribution in [0.3, 0.4) is 0 Å². The zero-order valence-electron chi connectivity index (χ0n) is 11.8. The number of rotatable bonds is 8. The average Bonchev–Trinajstić information content (AvgIpc) is 2.97. The number of sulfonamides is 1. The molecule has 0 aliphatic carbocycles. The van der Waals surface area contributed by atoms with Gasteiger partial charge in [0.25, 0.3) is 0 Å². The highest BCUT2D eigenvalue weighted by Gasteiger charge is 2.10. The van der Waals surface area contributed by atoms with Gasteiger partial charge < -0.3 is 5.73 Å². The predicted molar refractivity (Wildman–Crippen MR) is 81.8 cm³/mol. The summed E-state index contributed by atoms with van der Waals surface area (Å²) in [6.45, 7) is 1.56. The van der Waals surface area contributed by atoms with E-state index in [1.165, 1.54) is 0 Å². The molecule has 0 unspecified atom stereocenters. The second-order valence-corrected chi connectivity index (χ2v) is 6.60. The van der Waals surface area contributed by atoms with E-state index in [0.717, 1.165) is 11.1 Å². The van der Waals surface area contributed by atoms with Gasteiger partial charge in [0.1, 0.15) is 0 Å². The summed E-state index contributed by atoms with van der Waals surface area (Å²) in [7, 11) is -3.31. The summed E-state index contributed by atoms with van der Waals surface area (Å²) in [5.74, 6) is -0.0143. The zero-order chi connectivity index (χ0) is 15.1. The van der Waals surface area contributed by atoms with Crippen molar-refractivity contribution in [3.05, 3.63) is 53.9 Å². The molecule has 6 nitrogen and oxygen atoms in total. The van der Waals surface area contributed by atoms with Gasteiger partial charge in [-0.25, -0.2) is 13.1 Å². The molecule has 0 aliphatic rings. The molecule has 7 heteroatoms. The smallest absolute Gasteiger partial charge is 0.215 e. The molecule has 1 aromatic heterocycles. The van der Waals surface area contributed by atoms with Crippen molar-refractivity contribution in [2.24, 2.45) is 5.73 Å². The third-order valence-corrected chi connectivity index (χ3v) is 4.42. The molecule has 0 bridgehead atoms. The molecule has 0 amide bonds. The van der Waals surface area contributed by atoms with E-state index in [4.69, 9.17) is 5.73 Å². The summed E-state index contributed by atoms with van der Waals surface area (Å²) in [5, 5.41) is 4.06. The summed E-state index contributed by atoms with van der Waals surface area (Å²) in [6, 6.07) is 9.14. The van der Waals surface area contributed by atoms with Crippen LogP contribution in [0.1, 0.15) is 17.5 Å².